The molecule has 1 N–H and O–H groups in total. The van der Waals surface area contributed by atoms with Crippen molar-refractivity contribution in [3.8, 4) is 5.75 Å². The number of aliphatic hydroxyl groups excluding tert-OH is 1. The van der Waals surface area contributed by atoms with E-state index in [-0.39, 0.29) is 11.3 Å². The van der Waals surface area contributed by atoms with Crippen LogP contribution >= 0.6 is 11.6 Å². The molecule has 1 fully saturated rings. The first kappa shape index (κ1) is 21.2. The molecule has 3 aliphatic rings. The van der Waals surface area contributed by atoms with Crippen LogP contribution in [0.25, 0.3) is 0 Å². The Morgan fingerprint density at radius 3 is 2.61 bits per heavy atom. The lowest BCUT2D eigenvalue weighted by Gasteiger charge is -2.40. The van der Waals surface area contributed by atoms with Gasteiger partial charge in [0.2, 0.25) is 0 Å². The van der Waals surface area contributed by atoms with Gasteiger partial charge in [0.25, 0.3) is 0 Å². The number of rotatable bonds is 5. The summed E-state index contributed by atoms with van der Waals surface area (Å²) in [6.45, 7) is 3.04. The standard InChI is InChI=1S/C29H30ClNO2/c1-33-22-6-4-5-20(15-22)28(32)19-11-13-31(14-12-19)18-29-17-25(23-7-2-3-8-26(23)29)24-10-9-21(30)16-27(24)29/h2-10,15-16,19,25,28,32H,11-14,17-18H2,1H3/t25?,28-,29+/m1/s1. The van der Waals surface area contributed by atoms with Gasteiger partial charge in [0.15, 0.2) is 0 Å². The second-order valence-corrected chi connectivity index (χ2v) is 10.4. The first-order valence-corrected chi connectivity index (χ1v) is 12.4. The smallest absolute Gasteiger partial charge is 0.119 e. The van der Waals surface area contributed by atoms with Crippen molar-refractivity contribution in [2.75, 3.05) is 26.7 Å². The summed E-state index contributed by atoms with van der Waals surface area (Å²) in [7, 11) is 1.67. The zero-order valence-electron chi connectivity index (χ0n) is 19.0. The summed E-state index contributed by atoms with van der Waals surface area (Å²) >= 11 is 6.48. The van der Waals surface area contributed by atoms with E-state index in [1.807, 2.05) is 30.3 Å². The Kier molecular flexibility index (Phi) is 5.25. The molecule has 3 aromatic carbocycles. The Morgan fingerprint density at radius 1 is 1.00 bits per heavy atom. The molecule has 6 rings (SSSR count). The maximum atomic E-state index is 11.0. The van der Waals surface area contributed by atoms with Gasteiger partial charge in [-0.2, -0.15) is 0 Å². The third-order valence-electron chi connectivity index (χ3n) is 8.32. The van der Waals surface area contributed by atoms with Crippen molar-refractivity contribution in [2.45, 2.75) is 36.7 Å². The second-order valence-electron chi connectivity index (χ2n) is 9.99. The third kappa shape index (κ3) is 3.41. The quantitative estimate of drug-likeness (QED) is 0.513. The van der Waals surface area contributed by atoms with Crippen molar-refractivity contribution in [1.82, 2.24) is 4.90 Å². The number of halogens is 1. The fourth-order valence-corrected chi connectivity index (χ4v) is 6.90. The maximum absolute atomic E-state index is 11.0. The van der Waals surface area contributed by atoms with Crippen molar-refractivity contribution >= 4 is 11.6 Å². The average molecular weight is 460 g/mol. The first-order chi connectivity index (χ1) is 16.1. The lowest BCUT2D eigenvalue weighted by atomic mass is 9.74. The number of benzene rings is 3. The number of nitrogens with zero attached hydrogens (tertiary/aromatic N) is 1. The summed E-state index contributed by atoms with van der Waals surface area (Å²) in [5.74, 6) is 1.57. The van der Waals surface area contributed by atoms with Gasteiger partial charge in [-0.25, -0.2) is 0 Å². The fourth-order valence-electron chi connectivity index (χ4n) is 6.73. The van der Waals surface area contributed by atoms with Gasteiger partial charge in [-0.05, 0) is 90.4 Å². The average Bonchev–Trinajstić information content (AvgIpc) is 3.35. The first-order valence-electron chi connectivity index (χ1n) is 12.0. The van der Waals surface area contributed by atoms with Crippen LogP contribution in [0.1, 0.15) is 59.1 Å². The molecule has 33 heavy (non-hydrogen) atoms. The van der Waals surface area contributed by atoms with E-state index in [2.05, 4.69) is 41.3 Å². The Labute approximate surface area is 201 Å². The molecule has 2 aliphatic carbocycles. The Hall–Kier alpha value is -2.33. The third-order valence-corrected chi connectivity index (χ3v) is 8.55. The molecule has 1 saturated heterocycles. The Bertz CT molecular complexity index is 1190. The fraction of sp³-hybridized carbons (Fsp3) is 0.379. The summed E-state index contributed by atoms with van der Waals surface area (Å²) in [6, 6.07) is 23.4. The highest BCUT2D eigenvalue weighted by Crippen LogP contribution is 2.60. The van der Waals surface area contributed by atoms with E-state index < -0.39 is 6.10 Å². The molecule has 3 nitrogen and oxygen atoms in total. The van der Waals surface area contributed by atoms with E-state index in [4.69, 9.17) is 16.3 Å². The highest BCUT2D eigenvalue weighted by molar-refractivity contribution is 6.30. The van der Waals surface area contributed by atoms with E-state index in [0.717, 1.165) is 55.2 Å². The van der Waals surface area contributed by atoms with Crippen LogP contribution in [-0.4, -0.2) is 36.8 Å². The highest BCUT2D eigenvalue weighted by atomic mass is 35.5. The van der Waals surface area contributed by atoms with E-state index >= 15 is 0 Å². The highest BCUT2D eigenvalue weighted by Gasteiger charge is 2.53. The summed E-state index contributed by atoms with van der Waals surface area (Å²) in [4.78, 5) is 2.62. The monoisotopic (exact) mass is 459 g/mol. The maximum Gasteiger partial charge on any atom is 0.119 e. The Balaban J connectivity index is 1.22. The number of piperidine rings is 1. The normalized spacial score (nSPS) is 25.0. The van der Waals surface area contributed by atoms with Gasteiger partial charge in [-0.1, -0.05) is 54.1 Å². The number of ether oxygens (including phenoxy) is 1. The number of hydrogen-bond acceptors (Lipinski definition) is 3. The molecule has 170 valence electrons. The van der Waals surface area contributed by atoms with Crippen molar-refractivity contribution in [3.63, 3.8) is 0 Å². The van der Waals surface area contributed by atoms with Gasteiger partial charge in [-0.3, -0.25) is 0 Å². The van der Waals surface area contributed by atoms with Crippen molar-refractivity contribution in [3.05, 3.63) is 99.6 Å². The minimum absolute atomic E-state index is 0.0275. The molecule has 0 amide bonds. The predicted octanol–water partition coefficient (Wildman–Crippen LogP) is 5.93. The second kappa shape index (κ2) is 8.16. The van der Waals surface area contributed by atoms with E-state index in [1.54, 1.807) is 7.11 Å². The summed E-state index contributed by atoms with van der Waals surface area (Å²) in [5.41, 5.74) is 6.86. The summed E-state index contributed by atoms with van der Waals surface area (Å²) in [5, 5.41) is 11.9. The predicted molar refractivity (Wildman–Crippen MR) is 132 cm³/mol. The van der Waals surface area contributed by atoms with Crippen LogP contribution in [0.2, 0.25) is 5.02 Å². The molecule has 0 saturated carbocycles. The van der Waals surface area contributed by atoms with E-state index in [9.17, 15) is 5.11 Å². The molecule has 2 bridgehead atoms. The number of likely N-dealkylation sites (tertiary alicyclic amines) is 1. The van der Waals surface area contributed by atoms with Crippen LogP contribution in [0.15, 0.2) is 66.7 Å². The molecule has 1 aliphatic heterocycles. The van der Waals surface area contributed by atoms with Gasteiger partial charge in [0, 0.05) is 22.9 Å². The number of hydrogen-bond donors (Lipinski definition) is 1. The molecule has 3 aromatic rings. The van der Waals surface area contributed by atoms with Crippen LogP contribution in [0.5, 0.6) is 5.75 Å². The van der Waals surface area contributed by atoms with Crippen LogP contribution < -0.4 is 4.74 Å². The molecule has 0 radical (unpaired) electrons. The molecule has 1 heterocycles. The topological polar surface area (TPSA) is 32.7 Å². The molecule has 3 atom stereocenters. The molecular weight excluding hydrogens is 430 g/mol. The Morgan fingerprint density at radius 2 is 1.79 bits per heavy atom. The van der Waals surface area contributed by atoms with Gasteiger partial charge >= 0.3 is 0 Å². The lowest BCUT2D eigenvalue weighted by Crippen LogP contribution is -2.44. The van der Waals surface area contributed by atoms with Gasteiger partial charge in [-0.15, -0.1) is 0 Å². The minimum atomic E-state index is -0.442. The number of fused-ring (bicyclic) bond motifs is 8. The SMILES string of the molecule is COc1cccc([C@H](O)C2CCN(C[C@@]34CC(c5ccccc53)c3ccc(Cl)cc34)CC2)c1. The summed E-state index contributed by atoms with van der Waals surface area (Å²) in [6.07, 6.45) is 2.71. The molecule has 0 aromatic heterocycles. The largest absolute Gasteiger partial charge is 0.497 e. The molecular formula is C29H30ClNO2. The number of aliphatic hydroxyl groups is 1. The lowest BCUT2D eigenvalue weighted by molar-refractivity contribution is 0.0539. The zero-order valence-corrected chi connectivity index (χ0v) is 19.8. The summed E-state index contributed by atoms with van der Waals surface area (Å²) < 4.78 is 5.35. The number of methoxy groups -OCH3 is 1. The van der Waals surface area contributed by atoms with Crippen LogP contribution in [0.4, 0.5) is 0 Å². The van der Waals surface area contributed by atoms with Crippen LogP contribution in [0.3, 0.4) is 0 Å². The van der Waals surface area contributed by atoms with Crippen molar-refractivity contribution in [2.24, 2.45) is 5.92 Å². The van der Waals surface area contributed by atoms with E-state index in [0.29, 0.717) is 5.92 Å². The zero-order chi connectivity index (χ0) is 22.6. The molecule has 1 unspecified atom stereocenters. The van der Waals surface area contributed by atoms with Crippen LogP contribution in [0, 0.1) is 5.92 Å². The molecule has 0 spiro atoms. The van der Waals surface area contributed by atoms with E-state index in [1.165, 1.54) is 22.3 Å². The van der Waals surface area contributed by atoms with Gasteiger partial charge < -0.3 is 14.7 Å². The van der Waals surface area contributed by atoms with Crippen molar-refractivity contribution < 1.29 is 9.84 Å². The van der Waals surface area contributed by atoms with Gasteiger partial charge in [0.05, 0.1) is 13.2 Å². The minimum Gasteiger partial charge on any atom is -0.497 e. The van der Waals surface area contributed by atoms with Crippen molar-refractivity contribution in [1.29, 1.82) is 0 Å². The van der Waals surface area contributed by atoms with Crippen LogP contribution in [-0.2, 0) is 5.41 Å². The van der Waals surface area contributed by atoms with Gasteiger partial charge in [0.1, 0.15) is 5.75 Å². The molecule has 4 heteroatoms.